The normalized spacial score (nSPS) is 11.0. The van der Waals surface area contributed by atoms with Gasteiger partial charge in [0.15, 0.2) is 0 Å². The van der Waals surface area contributed by atoms with Gasteiger partial charge in [-0.3, -0.25) is 14.9 Å². The lowest BCUT2D eigenvalue weighted by Crippen LogP contribution is -2.08. The first kappa shape index (κ1) is 19.8. The summed E-state index contributed by atoms with van der Waals surface area (Å²) in [7, 11) is 0. The number of nitro groups is 1. The number of carbonyl (C=O) groups excluding carboxylic acids is 1. The van der Waals surface area contributed by atoms with Crippen molar-refractivity contribution in [3.05, 3.63) is 107 Å². The molecule has 0 fully saturated rings. The van der Waals surface area contributed by atoms with Crippen LogP contribution in [0.1, 0.15) is 11.3 Å². The maximum Gasteiger partial charge on any atom is 0.276 e. The number of imidazole rings is 1. The van der Waals surface area contributed by atoms with Gasteiger partial charge in [-0.2, -0.15) is 0 Å². The molecule has 0 aliphatic heterocycles. The number of aromatic nitrogens is 2. The Hall–Kier alpha value is -4.46. The van der Waals surface area contributed by atoms with E-state index in [-0.39, 0.29) is 12.3 Å². The van der Waals surface area contributed by atoms with Crippen molar-refractivity contribution in [3.8, 4) is 5.75 Å². The Kier molecular flexibility index (Phi) is 5.70. The van der Waals surface area contributed by atoms with Gasteiger partial charge in [0.1, 0.15) is 18.0 Å². The molecule has 8 heteroatoms. The number of benzene rings is 2. The van der Waals surface area contributed by atoms with E-state index in [0.29, 0.717) is 17.0 Å². The molecule has 31 heavy (non-hydrogen) atoms. The Balaban J connectivity index is 1.39. The summed E-state index contributed by atoms with van der Waals surface area (Å²) < 4.78 is 7.71. The molecule has 0 atom stereocenters. The Bertz CT molecular complexity index is 1250. The predicted octanol–water partition coefficient (Wildman–Crippen LogP) is 4.47. The highest BCUT2D eigenvalue weighted by Crippen LogP contribution is 2.20. The van der Waals surface area contributed by atoms with Gasteiger partial charge in [-0.05, 0) is 36.4 Å². The molecule has 2 aromatic heterocycles. The van der Waals surface area contributed by atoms with Crippen molar-refractivity contribution in [1.82, 2.24) is 9.38 Å². The number of amides is 1. The summed E-state index contributed by atoms with van der Waals surface area (Å²) in [5.41, 5.74) is 2.46. The first-order valence-electron chi connectivity index (χ1n) is 9.46. The van der Waals surface area contributed by atoms with Crippen LogP contribution in [0.15, 0.2) is 85.2 Å². The lowest BCUT2D eigenvalue weighted by Gasteiger charge is -2.07. The van der Waals surface area contributed by atoms with Gasteiger partial charge >= 0.3 is 0 Å². The first-order valence-corrected chi connectivity index (χ1v) is 9.46. The van der Waals surface area contributed by atoms with Crippen molar-refractivity contribution in [3.63, 3.8) is 0 Å². The van der Waals surface area contributed by atoms with Crippen molar-refractivity contribution in [2.45, 2.75) is 6.61 Å². The number of ether oxygens (including phenoxy) is 1. The fraction of sp³-hybridized carbons (Fsp3) is 0.0435. The lowest BCUT2D eigenvalue weighted by molar-refractivity contribution is -0.385. The SMILES string of the molecule is O=C(/C=C/c1ccccc1[N+](=O)[O-])Nc1cccc(OCc2cn3ccccc3n2)c1. The second-order valence-corrected chi connectivity index (χ2v) is 6.65. The lowest BCUT2D eigenvalue weighted by atomic mass is 10.1. The zero-order valence-electron chi connectivity index (χ0n) is 16.3. The molecule has 0 saturated heterocycles. The molecule has 1 N–H and O–H groups in total. The van der Waals surface area contributed by atoms with Crippen LogP contribution in [0.3, 0.4) is 0 Å². The van der Waals surface area contributed by atoms with Crippen molar-refractivity contribution < 1.29 is 14.5 Å². The zero-order chi connectivity index (χ0) is 21.6. The van der Waals surface area contributed by atoms with E-state index in [2.05, 4.69) is 10.3 Å². The number of anilines is 1. The van der Waals surface area contributed by atoms with E-state index >= 15 is 0 Å². The quantitative estimate of drug-likeness (QED) is 0.273. The molecule has 1 amide bonds. The van der Waals surface area contributed by atoms with Gasteiger partial charge in [-0.15, -0.1) is 0 Å². The molecular formula is C23H18N4O4. The van der Waals surface area contributed by atoms with Gasteiger partial charge in [-0.1, -0.05) is 24.3 Å². The average molecular weight is 414 g/mol. The van der Waals surface area contributed by atoms with Crippen LogP contribution in [0.5, 0.6) is 5.75 Å². The molecule has 8 nitrogen and oxygen atoms in total. The molecule has 0 spiro atoms. The van der Waals surface area contributed by atoms with Gasteiger partial charge in [0, 0.05) is 36.3 Å². The Morgan fingerprint density at radius 2 is 1.97 bits per heavy atom. The van der Waals surface area contributed by atoms with Crippen molar-refractivity contribution >= 4 is 29.0 Å². The fourth-order valence-electron chi connectivity index (χ4n) is 3.02. The Morgan fingerprint density at radius 1 is 1.13 bits per heavy atom. The third-order valence-electron chi connectivity index (χ3n) is 4.45. The van der Waals surface area contributed by atoms with Crippen LogP contribution in [-0.4, -0.2) is 20.2 Å². The van der Waals surface area contributed by atoms with E-state index in [0.717, 1.165) is 11.3 Å². The molecule has 4 aromatic rings. The fourth-order valence-corrected chi connectivity index (χ4v) is 3.02. The summed E-state index contributed by atoms with van der Waals surface area (Å²) in [5.74, 6) is 0.174. The van der Waals surface area contributed by atoms with Crippen molar-refractivity contribution in [2.24, 2.45) is 0 Å². The number of rotatable bonds is 7. The van der Waals surface area contributed by atoms with Crippen LogP contribution < -0.4 is 10.1 Å². The minimum absolute atomic E-state index is 0.0612. The molecule has 2 heterocycles. The molecule has 2 aromatic carbocycles. The monoisotopic (exact) mass is 414 g/mol. The third kappa shape index (κ3) is 4.94. The summed E-state index contributed by atoms with van der Waals surface area (Å²) in [6.45, 7) is 0.288. The summed E-state index contributed by atoms with van der Waals surface area (Å²) in [5, 5.41) is 13.8. The molecule has 0 aliphatic rings. The van der Waals surface area contributed by atoms with E-state index in [1.807, 2.05) is 35.0 Å². The second-order valence-electron chi connectivity index (χ2n) is 6.65. The number of pyridine rings is 1. The highest BCUT2D eigenvalue weighted by atomic mass is 16.6. The smallest absolute Gasteiger partial charge is 0.276 e. The van der Waals surface area contributed by atoms with E-state index in [1.54, 1.807) is 42.5 Å². The van der Waals surface area contributed by atoms with E-state index in [1.165, 1.54) is 18.2 Å². The summed E-state index contributed by atoms with van der Waals surface area (Å²) in [6.07, 6.45) is 6.48. The van der Waals surface area contributed by atoms with E-state index in [9.17, 15) is 14.9 Å². The molecule has 0 radical (unpaired) electrons. The van der Waals surface area contributed by atoms with Crippen molar-refractivity contribution in [2.75, 3.05) is 5.32 Å². The van der Waals surface area contributed by atoms with E-state index < -0.39 is 10.8 Å². The molecule has 0 bridgehead atoms. The van der Waals surface area contributed by atoms with Crippen LogP contribution in [0.4, 0.5) is 11.4 Å². The number of hydrogen-bond donors (Lipinski definition) is 1. The van der Waals surface area contributed by atoms with Crippen molar-refractivity contribution in [1.29, 1.82) is 0 Å². The standard InChI is InChI=1S/C23H18N4O4/c28-23(12-11-17-6-1-2-9-21(17)27(29)30)25-18-7-5-8-20(14-18)31-16-19-15-26-13-4-3-10-22(26)24-19/h1-15H,16H2,(H,25,28)/b12-11+. The van der Waals surface area contributed by atoms with Crippen LogP contribution in [-0.2, 0) is 11.4 Å². The maximum absolute atomic E-state index is 12.2. The summed E-state index contributed by atoms with van der Waals surface area (Å²) >= 11 is 0. The van der Waals surface area contributed by atoms with Crippen LogP contribution in [0, 0.1) is 10.1 Å². The van der Waals surface area contributed by atoms with Crippen LogP contribution in [0.25, 0.3) is 11.7 Å². The predicted molar refractivity (Wildman–Crippen MR) is 117 cm³/mol. The average Bonchev–Trinajstić information content (AvgIpc) is 3.20. The van der Waals surface area contributed by atoms with Crippen LogP contribution in [0.2, 0.25) is 0 Å². The number of para-hydroxylation sites is 1. The molecule has 0 unspecified atom stereocenters. The minimum Gasteiger partial charge on any atom is -0.487 e. The number of carbonyl (C=O) groups is 1. The van der Waals surface area contributed by atoms with Crippen LogP contribution >= 0.6 is 0 Å². The number of nitro benzene ring substituents is 1. The highest BCUT2D eigenvalue weighted by molar-refractivity contribution is 6.02. The largest absolute Gasteiger partial charge is 0.487 e. The van der Waals surface area contributed by atoms with E-state index in [4.69, 9.17) is 4.74 Å². The molecular weight excluding hydrogens is 396 g/mol. The Morgan fingerprint density at radius 3 is 2.81 bits per heavy atom. The summed E-state index contributed by atoms with van der Waals surface area (Å²) in [4.78, 5) is 27.3. The number of nitrogens with zero attached hydrogens (tertiary/aromatic N) is 3. The summed E-state index contributed by atoms with van der Waals surface area (Å²) in [6, 6.07) is 19.0. The number of hydrogen-bond acceptors (Lipinski definition) is 5. The zero-order valence-corrected chi connectivity index (χ0v) is 16.3. The van der Waals surface area contributed by atoms with Gasteiger partial charge < -0.3 is 14.5 Å². The Labute approximate surface area is 177 Å². The van der Waals surface area contributed by atoms with Gasteiger partial charge in [0.25, 0.3) is 5.69 Å². The minimum atomic E-state index is -0.485. The molecule has 154 valence electrons. The second kappa shape index (κ2) is 8.91. The molecule has 0 aliphatic carbocycles. The molecule has 0 saturated carbocycles. The number of fused-ring (bicyclic) bond motifs is 1. The van der Waals surface area contributed by atoms with Gasteiger partial charge in [-0.25, -0.2) is 4.98 Å². The third-order valence-corrected chi connectivity index (χ3v) is 4.45. The topological polar surface area (TPSA) is 98.8 Å². The molecule has 4 rings (SSSR count). The highest BCUT2D eigenvalue weighted by Gasteiger charge is 2.10. The number of nitrogens with one attached hydrogen (secondary N) is 1. The van der Waals surface area contributed by atoms with Gasteiger partial charge in [0.2, 0.25) is 5.91 Å². The van der Waals surface area contributed by atoms with Gasteiger partial charge in [0.05, 0.1) is 16.2 Å². The maximum atomic E-state index is 12.2. The first-order chi connectivity index (χ1) is 15.1.